The van der Waals surface area contributed by atoms with Gasteiger partial charge in [-0.3, -0.25) is 0 Å². The molecule has 3 heteroatoms. The van der Waals surface area contributed by atoms with Gasteiger partial charge in [-0.2, -0.15) is 0 Å². The van der Waals surface area contributed by atoms with E-state index in [1.54, 1.807) is 0 Å². The SMILES string of the molecule is CS1(C[C@@H](O)[C@@H]2CCCN2)CCC1. The molecule has 2 saturated heterocycles. The fraction of sp³-hybridized carbons (Fsp3) is 1.00. The molecule has 2 fully saturated rings. The minimum Gasteiger partial charge on any atom is -0.391 e. The van der Waals surface area contributed by atoms with Crippen LogP contribution in [0, 0.1) is 0 Å². The molecule has 0 aromatic rings. The molecule has 0 aliphatic carbocycles. The van der Waals surface area contributed by atoms with Crippen molar-refractivity contribution in [1.29, 1.82) is 0 Å². The smallest absolute Gasteiger partial charge is 0.0768 e. The Labute approximate surface area is 82.4 Å². The largest absolute Gasteiger partial charge is 0.391 e. The summed E-state index contributed by atoms with van der Waals surface area (Å²) in [6.07, 6.45) is 6.15. The number of hydrogen-bond donors (Lipinski definition) is 2. The molecule has 0 saturated carbocycles. The summed E-state index contributed by atoms with van der Waals surface area (Å²) in [7, 11) is -0.366. The van der Waals surface area contributed by atoms with E-state index < -0.39 is 0 Å². The molecule has 2 nitrogen and oxygen atoms in total. The van der Waals surface area contributed by atoms with Gasteiger partial charge in [-0.15, -0.1) is 0 Å². The minimum atomic E-state index is -0.366. The fourth-order valence-electron chi connectivity index (χ4n) is 2.37. The van der Waals surface area contributed by atoms with Gasteiger partial charge < -0.3 is 10.4 Å². The van der Waals surface area contributed by atoms with Crippen LogP contribution in [0.5, 0.6) is 0 Å². The Kier molecular flexibility index (Phi) is 2.86. The molecule has 0 spiro atoms. The highest BCUT2D eigenvalue weighted by molar-refractivity contribution is 8.34. The molecule has 2 N–H and O–H groups in total. The molecular weight excluding hydrogens is 182 g/mol. The van der Waals surface area contributed by atoms with E-state index in [0.29, 0.717) is 6.04 Å². The number of nitrogens with one attached hydrogen (secondary N) is 1. The van der Waals surface area contributed by atoms with Crippen molar-refractivity contribution in [3.63, 3.8) is 0 Å². The second kappa shape index (κ2) is 3.79. The van der Waals surface area contributed by atoms with Gasteiger partial charge in [0.1, 0.15) is 0 Å². The summed E-state index contributed by atoms with van der Waals surface area (Å²) in [5, 5.41) is 13.4. The van der Waals surface area contributed by atoms with Gasteiger partial charge in [-0.05, 0) is 43.6 Å². The summed E-state index contributed by atoms with van der Waals surface area (Å²) in [5.74, 6) is 3.89. The van der Waals surface area contributed by atoms with E-state index in [2.05, 4.69) is 11.6 Å². The Morgan fingerprint density at radius 3 is 2.69 bits per heavy atom. The average molecular weight is 203 g/mol. The highest BCUT2D eigenvalue weighted by atomic mass is 32.3. The van der Waals surface area contributed by atoms with E-state index >= 15 is 0 Å². The molecule has 0 unspecified atom stereocenters. The predicted octanol–water partition coefficient (Wildman–Crippen LogP) is 0.937. The number of aliphatic hydroxyl groups excluding tert-OH is 1. The zero-order valence-electron chi connectivity index (χ0n) is 8.46. The summed E-state index contributed by atoms with van der Waals surface area (Å²) in [6, 6.07) is 0.407. The molecule has 2 atom stereocenters. The zero-order chi connectivity index (χ0) is 9.31. The summed E-state index contributed by atoms with van der Waals surface area (Å²) >= 11 is 0. The van der Waals surface area contributed by atoms with Gasteiger partial charge >= 0.3 is 0 Å². The second-order valence-corrected chi connectivity index (χ2v) is 8.78. The number of rotatable bonds is 3. The van der Waals surface area contributed by atoms with E-state index in [1.165, 1.54) is 30.8 Å². The van der Waals surface area contributed by atoms with Crippen LogP contribution < -0.4 is 5.32 Å². The molecular formula is C10H21NOS. The van der Waals surface area contributed by atoms with Crippen LogP contribution >= 0.6 is 10.0 Å². The van der Waals surface area contributed by atoms with Crippen molar-refractivity contribution < 1.29 is 5.11 Å². The first-order chi connectivity index (χ1) is 6.20. The lowest BCUT2D eigenvalue weighted by molar-refractivity contribution is 0.158. The predicted molar refractivity (Wildman–Crippen MR) is 59.8 cm³/mol. The fourth-order valence-corrected chi connectivity index (χ4v) is 5.04. The molecule has 0 radical (unpaired) electrons. The van der Waals surface area contributed by atoms with E-state index in [-0.39, 0.29) is 16.1 Å². The molecule has 2 heterocycles. The van der Waals surface area contributed by atoms with E-state index in [9.17, 15) is 5.11 Å². The minimum absolute atomic E-state index is 0.0669. The third-order valence-corrected chi connectivity index (χ3v) is 7.11. The van der Waals surface area contributed by atoms with E-state index in [0.717, 1.165) is 12.3 Å². The molecule has 2 rings (SSSR count). The molecule has 0 amide bonds. The van der Waals surface area contributed by atoms with Crippen LogP contribution in [0.2, 0.25) is 0 Å². The van der Waals surface area contributed by atoms with Crippen molar-refractivity contribution in [3.05, 3.63) is 0 Å². The van der Waals surface area contributed by atoms with Crippen molar-refractivity contribution in [2.75, 3.05) is 30.1 Å². The van der Waals surface area contributed by atoms with Gasteiger partial charge in [0.25, 0.3) is 0 Å². The molecule has 2 aliphatic rings. The van der Waals surface area contributed by atoms with Crippen molar-refractivity contribution in [2.45, 2.75) is 31.4 Å². The molecule has 13 heavy (non-hydrogen) atoms. The van der Waals surface area contributed by atoms with Gasteiger partial charge in [0.15, 0.2) is 0 Å². The van der Waals surface area contributed by atoms with Crippen molar-refractivity contribution in [1.82, 2.24) is 5.32 Å². The Morgan fingerprint density at radius 1 is 1.46 bits per heavy atom. The third kappa shape index (κ3) is 2.20. The van der Waals surface area contributed by atoms with Crippen molar-refractivity contribution >= 4 is 10.0 Å². The molecule has 78 valence electrons. The first-order valence-electron chi connectivity index (χ1n) is 5.32. The quantitative estimate of drug-likeness (QED) is 0.715. The molecule has 0 aromatic carbocycles. The standard InChI is InChI=1S/C10H21NOS/c1-13(6-3-7-13)8-10(12)9-4-2-5-11-9/h9-12H,2-8H2,1H3/t9-,10+/m0/s1. The maximum atomic E-state index is 10.0. The van der Waals surface area contributed by atoms with E-state index in [4.69, 9.17) is 0 Å². The Hall–Kier alpha value is 0.270. The van der Waals surface area contributed by atoms with Crippen LogP contribution in [-0.2, 0) is 0 Å². The zero-order valence-corrected chi connectivity index (χ0v) is 9.28. The lowest BCUT2D eigenvalue weighted by atomic mass is 10.1. The Morgan fingerprint density at radius 2 is 2.23 bits per heavy atom. The summed E-state index contributed by atoms with van der Waals surface area (Å²) < 4.78 is 0. The average Bonchev–Trinajstić information content (AvgIpc) is 2.53. The highest BCUT2D eigenvalue weighted by Gasteiger charge is 2.32. The van der Waals surface area contributed by atoms with E-state index in [1.807, 2.05) is 0 Å². The van der Waals surface area contributed by atoms with Crippen molar-refractivity contribution in [2.24, 2.45) is 0 Å². The summed E-state index contributed by atoms with van der Waals surface area (Å²) in [6.45, 7) is 1.10. The maximum Gasteiger partial charge on any atom is 0.0768 e. The maximum absolute atomic E-state index is 10.0. The summed E-state index contributed by atoms with van der Waals surface area (Å²) in [5.41, 5.74) is 0. The van der Waals surface area contributed by atoms with Gasteiger partial charge in [0.05, 0.1) is 6.10 Å². The lowest BCUT2D eigenvalue weighted by Crippen LogP contribution is -2.41. The number of aliphatic hydroxyl groups is 1. The molecule has 0 aromatic heterocycles. The van der Waals surface area contributed by atoms with Gasteiger partial charge in [-0.1, -0.05) is 0 Å². The van der Waals surface area contributed by atoms with Crippen LogP contribution in [0.4, 0.5) is 0 Å². The first kappa shape index (κ1) is 9.81. The second-order valence-electron chi connectivity index (χ2n) is 4.68. The molecule has 0 bridgehead atoms. The monoisotopic (exact) mass is 203 g/mol. The summed E-state index contributed by atoms with van der Waals surface area (Å²) in [4.78, 5) is 0. The highest BCUT2D eigenvalue weighted by Crippen LogP contribution is 2.53. The van der Waals surface area contributed by atoms with Gasteiger partial charge in [0, 0.05) is 11.8 Å². The van der Waals surface area contributed by atoms with Crippen LogP contribution in [0.3, 0.4) is 0 Å². The van der Waals surface area contributed by atoms with Crippen LogP contribution in [0.15, 0.2) is 0 Å². The van der Waals surface area contributed by atoms with Crippen LogP contribution in [0.25, 0.3) is 0 Å². The van der Waals surface area contributed by atoms with Gasteiger partial charge in [-0.25, -0.2) is 10.0 Å². The third-order valence-electron chi connectivity index (χ3n) is 3.41. The Balaban J connectivity index is 1.79. The van der Waals surface area contributed by atoms with Crippen LogP contribution in [0.1, 0.15) is 19.3 Å². The van der Waals surface area contributed by atoms with Crippen molar-refractivity contribution in [3.8, 4) is 0 Å². The van der Waals surface area contributed by atoms with Crippen LogP contribution in [-0.4, -0.2) is 47.3 Å². The number of hydrogen-bond acceptors (Lipinski definition) is 2. The molecule has 2 aliphatic heterocycles. The van der Waals surface area contributed by atoms with Gasteiger partial charge in [0.2, 0.25) is 0 Å². The lowest BCUT2D eigenvalue weighted by Gasteiger charge is -2.46. The topological polar surface area (TPSA) is 32.3 Å². The normalized spacial score (nSPS) is 36.6. The first-order valence-corrected chi connectivity index (χ1v) is 7.87. The Bertz CT molecular complexity index is 176.